The van der Waals surface area contributed by atoms with Crippen molar-refractivity contribution >= 4 is 22.9 Å². The van der Waals surface area contributed by atoms with E-state index in [1.807, 2.05) is 0 Å². The second kappa shape index (κ2) is 12.1. The van der Waals surface area contributed by atoms with E-state index in [4.69, 9.17) is 23.4 Å². The van der Waals surface area contributed by atoms with E-state index < -0.39 is 102 Å². The van der Waals surface area contributed by atoms with Crippen molar-refractivity contribution in [3.05, 3.63) is 46.6 Å². The molecule has 45 heavy (non-hydrogen) atoms. The Labute approximate surface area is 249 Å². The molecule has 0 bridgehead atoms. The second-order valence-corrected chi connectivity index (χ2v) is 10.2. The number of carbonyl (C=O) groups is 2. The van der Waals surface area contributed by atoms with Gasteiger partial charge < -0.3 is 74.4 Å². The Bertz CT molecular complexity index is 1670. The first-order chi connectivity index (χ1) is 21.2. The first-order valence-corrected chi connectivity index (χ1v) is 13.0. The Kier molecular flexibility index (Phi) is 8.58. The van der Waals surface area contributed by atoms with Gasteiger partial charge in [0.2, 0.25) is 12.6 Å². The zero-order chi connectivity index (χ0) is 32.9. The third kappa shape index (κ3) is 5.95. The molecule has 0 amide bonds. The van der Waals surface area contributed by atoms with Gasteiger partial charge in [-0.3, -0.25) is 4.79 Å². The van der Waals surface area contributed by atoms with Crippen LogP contribution in [0.3, 0.4) is 0 Å². The van der Waals surface area contributed by atoms with Crippen molar-refractivity contribution in [1.29, 1.82) is 0 Å². The quantitative estimate of drug-likeness (QED) is 0.119. The van der Waals surface area contributed by atoms with Gasteiger partial charge in [-0.25, -0.2) is 9.59 Å². The zero-order valence-corrected chi connectivity index (χ0v) is 22.5. The Hall–Kier alpha value is -4.53. The number of phenols is 2. The van der Waals surface area contributed by atoms with Gasteiger partial charge in [-0.15, -0.1) is 0 Å². The number of aliphatic carboxylic acids is 2. The summed E-state index contributed by atoms with van der Waals surface area (Å²) < 4.78 is 27.2. The van der Waals surface area contributed by atoms with Gasteiger partial charge in [0.1, 0.15) is 64.9 Å². The number of aromatic hydroxyl groups is 2. The van der Waals surface area contributed by atoms with E-state index in [0.717, 1.165) is 30.3 Å². The monoisotopic (exact) mass is 638 g/mol. The Morgan fingerprint density at radius 3 is 1.76 bits per heavy atom. The molecule has 2 unspecified atom stereocenters. The zero-order valence-electron chi connectivity index (χ0n) is 22.5. The van der Waals surface area contributed by atoms with Crippen molar-refractivity contribution in [2.45, 2.75) is 61.4 Å². The van der Waals surface area contributed by atoms with Gasteiger partial charge in [0.15, 0.2) is 29.1 Å². The van der Waals surface area contributed by atoms with E-state index in [1.54, 1.807) is 0 Å². The third-order valence-electron chi connectivity index (χ3n) is 7.15. The van der Waals surface area contributed by atoms with Gasteiger partial charge in [0, 0.05) is 23.8 Å². The summed E-state index contributed by atoms with van der Waals surface area (Å²) in [7, 11) is 0. The van der Waals surface area contributed by atoms with E-state index in [1.165, 1.54) is 6.07 Å². The Balaban J connectivity index is 1.60. The lowest BCUT2D eigenvalue weighted by atomic mass is 9.99. The molecule has 10 atom stereocenters. The van der Waals surface area contributed by atoms with Crippen LogP contribution >= 0.6 is 0 Å². The van der Waals surface area contributed by atoms with E-state index in [-0.39, 0.29) is 22.3 Å². The number of hydrogen-bond donors (Lipinski definition) is 10. The molecule has 2 aliphatic heterocycles. The number of phenolic OH excluding ortho intramolecular Hbond substituents is 2. The molecular formula is C27H26O18. The Morgan fingerprint density at radius 1 is 0.667 bits per heavy atom. The van der Waals surface area contributed by atoms with Crippen molar-refractivity contribution in [2.75, 3.05) is 0 Å². The Morgan fingerprint density at radius 2 is 1.22 bits per heavy atom. The van der Waals surface area contributed by atoms with Gasteiger partial charge in [-0.2, -0.15) is 0 Å². The molecular weight excluding hydrogens is 612 g/mol. The lowest BCUT2D eigenvalue weighted by Gasteiger charge is -2.39. The van der Waals surface area contributed by atoms with E-state index in [2.05, 4.69) is 0 Å². The average molecular weight is 638 g/mol. The van der Waals surface area contributed by atoms with Crippen LogP contribution in [0.15, 0.2) is 45.6 Å². The molecule has 0 saturated carbocycles. The highest BCUT2D eigenvalue weighted by Gasteiger charge is 2.49. The maximum Gasteiger partial charge on any atom is 0.335 e. The summed E-state index contributed by atoms with van der Waals surface area (Å²) in [4.78, 5) is 36.4. The largest absolute Gasteiger partial charge is 0.504 e. The molecule has 2 aromatic carbocycles. The summed E-state index contributed by atoms with van der Waals surface area (Å²) >= 11 is 0. The van der Waals surface area contributed by atoms with Crippen molar-refractivity contribution < 1.29 is 84.0 Å². The van der Waals surface area contributed by atoms with Crippen LogP contribution in [0, 0.1) is 0 Å². The van der Waals surface area contributed by atoms with E-state index in [9.17, 15) is 65.4 Å². The highest BCUT2D eigenvalue weighted by molar-refractivity contribution is 5.86. The summed E-state index contributed by atoms with van der Waals surface area (Å²) in [6, 6.07) is 6.44. The van der Waals surface area contributed by atoms with Crippen molar-refractivity contribution in [2.24, 2.45) is 0 Å². The molecule has 2 aliphatic rings. The summed E-state index contributed by atoms with van der Waals surface area (Å²) in [6.07, 6.45) is -20.4. The topological polar surface area (TPSA) is 304 Å². The van der Waals surface area contributed by atoms with Gasteiger partial charge in [0.25, 0.3) is 0 Å². The number of aliphatic hydroxyl groups excluding tert-OH is 6. The van der Waals surface area contributed by atoms with Crippen LogP contribution in [0.1, 0.15) is 0 Å². The number of benzene rings is 2. The maximum atomic E-state index is 13.3. The highest BCUT2D eigenvalue weighted by atomic mass is 16.7. The van der Waals surface area contributed by atoms with Crippen LogP contribution in [0.4, 0.5) is 0 Å². The number of carboxylic acids is 2. The first-order valence-electron chi connectivity index (χ1n) is 13.0. The summed E-state index contributed by atoms with van der Waals surface area (Å²) in [5.74, 6) is -5.53. The molecule has 2 saturated heterocycles. The van der Waals surface area contributed by atoms with Gasteiger partial charge in [-0.1, -0.05) is 0 Å². The summed E-state index contributed by atoms with van der Waals surface area (Å²) in [5.41, 5.74) is -1.06. The minimum absolute atomic E-state index is 0.109. The van der Waals surface area contributed by atoms with E-state index in [0.29, 0.717) is 0 Å². The van der Waals surface area contributed by atoms with Crippen LogP contribution in [0.25, 0.3) is 22.3 Å². The van der Waals surface area contributed by atoms with Crippen LogP contribution < -0.4 is 14.9 Å². The van der Waals surface area contributed by atoms with Crippen LogP contribution in [-0.2, 0) is 19.1 Å². The summed E-state index contributed by atoms with van der Waals surface area (Å²) in [6.45, 7) is 0. The molecule has 3 heterocycles. The molecule has 5 rings (SSSR count). The molecule has 0 radical (unpaired) electrons. The molecule has 242 valence electrons. The third-order valence-corrected chi connectivity index (χ3v) is 7.15. The number of fused-ring (bicyclic) bond motifs is 1. The number of rotatable bonds is 7. The molecule has 10 N–H and O–H groups in total. The minimum atomic E-state index is -2.08. The number of aliphatic hydroxyl groups is 6. The molecule has 18 nitrogen and oxygen atoms in total. The standard InChI is InChI=1S/C27H26O18/c28-9-2-1-7(3-10(9)29)12-6-11(30)15-13(42-12)4-8(41-26-20(35)16(31)18(33)22(44-26)24(37)38)5-14(15)43-27-21(36)17(32)19(34)23(45-27)25(39)40/h1-6,16-23,26-29,31-36H,(H,37,38)(H,39,40)/t16-,17-,18-,19-,20+,21+,22-,23-,26?,27?/m0/s1. The number of hydrogen-bond acceptors (Lipinski definition) is 16. The van der Waals surface area contributed by atoms with Gasteiger partial charge >= 0.3 is 11.9 Å². The predicted octanol–water partition coefficient (Wildman–Crippen LogP) is -2.59. The van der Waals surface area contributed by atoms with Crippen LogP contribution in [-0.4, -0.2) is 124 Å². The number of carboxylic acid groups (broad SMARTS) is 2. The average Bonchev–Trinajstić information content (AvgIpc) is 2.98. The predicted molar refractivity (Wildman–Crippen MR) is 141 cm³/mol. The summed E-state index contributed by atoms with van der Waals surface area (Å²) in [5, 5.41) is 99.1. The van der Waals surface area contributed by atoms with Gasteiger partial charge in [0.05, 0.1) is 0 Å². The van der Waals surface area contributed by atoms with Crippen molar-refractivity contribution in [1.82, 2.24) is 0 Å². The lowest BCUT2D eigenvalue weighted by molar-refractivity contribution is -0.272. The minimum Gasteiger partial charge on any atom is -0.504 e. The second-order valence-electron chi connectivity index (χ2n) is 10.2. The van der Waals surface area contributed by atoms with Crippen LogP contribution in [0.2, 0.25) is 0 Å². The van der Waals surface area contributed by atoms with E-state index >= 15 is 0 Å². The van der Waals surface area contributed by atoms with Crippen molar-refractivity contribution in [3.63, 3.8) is 0 Å². The fraction of sp³-hybridized carbons (Fsp3) is 0.370. The van der Waals surface area contributed by atoms with Gasteiger partial charge in [-0.05, 0) is 18.2 Å². The van der Waals surface area contributed by atoms with Crippen molar-refractivity contribution in [3.8, 4) is 34.3 Å². The van der Waals surface area contributed by atoms with Crippen LogP contribution in [0.5, 0.6) is 23.0 Å². The molecule has 3 aromatic rings. The highest BCUT2D eigenvalue weighted by Crippen LogP contribution is 2.37. The fourth-order valence-corrected chi connectivity index (χ4v) is 4.77. The SMILES string of the molecule is O=C(O)[C@H]1OC(Oc2cc(OC3O[C@H](C(=O)O)[C@@H](O)[C@H](O)[C@H]3O)c3c(=O)cc(-c4ccc(O)c(O)c4)oc3c2)[C@H](O)[C@@H](O)[C@@H]1O. The fourth-order valence-electron chi connectivity index (χ4n) is 4.77. The first kappa shape index (κ1) is 31.9. The molecule has 0 spiro atoms. The molecule has 1 aromatic heterocycles. The maximum absolute atomic E-state index is 13.3. The molecule has 18 heteroatoms. The number of ether oxygens (including phenoxy) is 4. The lowest BCUT2D eigenvalue weighted by Crippen LogP contribution is -2.61. The molecule has 0 aliphatic carbocycles. The smallest absolute Gasteiger partial charge is 0.335 e. The normalized spacial score (nSPS) is 31.8. The molecule has 2 fully saturated rings.